The van der Waals surface area contributed by atoms with E-state index in [0.29, 0.717) is 6.04 Å². The summed E-state index contributed by atoms with van der Waals surface area (Å²) in [6.45, 7) is 3.29. The van der Waals surface area contributed by atoms with Gasteiger partial charge in [-0.3, -0.25) is 0 Å². The molecule has 1 heterocycles. The molecule has 0 saturated carbocycles. The lowest BCUT2D eigenvalue weighted by atomic mass is 10.0. The Kier molecular flexibility index (Phi) is 5.51. The fraction of sp³-hybridized carbons (Fsp3) is 0.600. The van der Waals surface area contributed by atoms with Crippen LogP contribution in [0.3, 0.4) is 0 Å². The van der Waals surface area contributed by atoms with Crippen molar-refractivity contribution in [1.82, 2.24) is 5.32 Å². The first kappa shape index (κ1) is 13.9. The molecule has 1 aliphatic heterocycles. The van der Waals surface area contributed by atoms with Crippen molar-refractivity contribution in [2.24, 2.45) is 5.92 Å². The van der Waals surface area contributed by atoms with Crippen molar-refractivity contribution in [3.63, 3.8) is 0 Å². The fourth-order valence-electron chi connectivity index (χ4n) is 2.41. The Morgan fingerprint density at radius 3 is 2.89 bits per heavy atom. The Morgan fingerprint density at radius 2 is 2.17 bits per heavy atom. The Labute approximate surface area is 114 Å². The quantitative estimate of drug-likeness (QED) is 0.876. The molecule has 3 heteroatoms. The molecule has 1 aliphatic rings. The van der Waals surface area contributed by atoms with Crippen molar-refractivity contribution < 1.29 is 4.39 Å². The van der Waals surface area contributed by atoms with Crippen LogP contribution < -0.4 is 5.32 Å². The zero-order valence-electron chi connectivity index (χ0n) is 11.0. The predicted octanol–water partition coefficient (Wildman–Crippen LogP) is 3.49. The summed E-state index contributed by atoms with van der Waals surface area (Å²) in [4.78, 5) is 0. The van der Waals surface area contributed by atoms with Gasteiger partial charge in [0.1, 0.15) is 5.82 Å². The van der Waals surface area contributed by atoms with Gasteiger partial charge in [0.2, 0.25) is 0 Å². The van der Waals surface area contributed by atoms with Crippen molar-refractivity contribution in [2.45, 2.75) is 32.2 Å². The van der Waals surface area contributed by atoms with Gasteiger partial charge in [0.15, 0.2) is 0 Å². The van der Waals surface area contributed by atoms with Crippen LogP contribution in [-0.2, 0) is 6.42 Å². The minimum atomic E-state index is -0.135. The van der Waals surface area contributed by atoms with Crippen molar-refractivity contribution in [3.05, 3.63) is 35.6 Å². The Balaban J connectivity index is 1.72. The molecular weight excluding hydrogens is 245 g/mol. The van der Waals surface area contributed by atoms with Crippen molar-refractivity contribution in [3.8, 4) is 0 Å². The molecule has 18 heavy (non-hydrogen) atoms. The van der Waals surface area contributed by atoms with Crippen molar-refractivity contribution in [1.29, 1.82) is 0 Å². The number of nitrogens with one attached hydrogen (secondary N) is 1. The second-order valence-corrected chi connectivity index (χ2v) is 6.42. The molecule has 0 aliphatic carbocycles. The van der Waals surface area contributed by atoms with Gasteiger partial charge >= 0.3 is 0 Å². The third kappa shape index (κ3) is 4.62. The molecule has 0 bridgehead atoms. The standard InChI is InChI=1S/C15H22FNS/c1-12(9-14-3-2-4-15(16)10-14)17-11-13-5-7-18-8-6-13/h2-4,10,12-13,17H,5-9,11H2,1H3. The molecule has 1 nitrogen and oxygen atoms in total. The third-order valence-corrected chi connectivity index (χ3v) is 4.58. The van der Waals surface area contributed by atoms with E-state index in [1.54, 1.807) is 12.1 Å². The predicted molar refractivity (Wildman–Crippen MR) is 77.6 cm³/mol. The van der Waals surface area contributed by atoms with Gasteiger partial charge in [-0.2, -0.15) is 11.8 Å². The van der Waals surface area contributed by atoms with E-state index in [9.17, 15) is 4.39 Å². The molecule has 1 atom stereocenters. The van der Waals surface area contributed by atoms with Crippen molar-refractivity contribution in [2.75, 3.05) is 18.1 Å². The lowest BCUT2D eigenvalue weighted by molar-refractivity contribution is 0.415. The van der Waals surface area contributed by atoms with Crippen LogP contribution in [0.4, 0.5) is 4.39 Å². The van der Waals surface area contributed by atoms with E-state index < -0.39 is 0 Å². The largest absolute Gasteiger partial charge is 0.314 e. The maximum atomic E-state index is 13.1. The van der Waals surface area contributed by atoms with Gasteiger partial charge in [-0.15, -0.1) is 0 Å². The van der Waals surface area contributed by atoms with Crippen LogP contribution in [0.1, 0.15) is 25.3 Å². The summed E-state index contributed by atoms with van der Waals surface area (Å²) < 4.78 is 13.1. The maximum Gasteiger partial charge on any atom is 0.123 e. The Hall–Kier alpha value is -0.540. The highest BCUT2D eigenvalue weighted by molar-refractivity contribution is 7.99. The van der Waals surface area contributed by atoms with Crippen LogP contribution in [-0.4, -0.2) is 24.1 Å². The fourth-order valence-corrected chi connectivity index (χ4v) is 3.61. The second-order valence-electron chi connectivity index (χ2n) is 5.20. The van der Waals surface area contributed by atoms with Gasteiger partial charge in [0.25, 0.3) is 0 Å². The van der Waals surface area contributed by atoms with E-state index in [2.05, 4.69) is 24.0 Å². The van der Waals surface area contributed by atoms with Crippen molar-refractivity contribution >= 4 is 11.8 Å². The third-order valence-electron chi connectivity index (χ3n) is 3.53. The molecule has 0 aromatic heterocycles. The molecule has 100 valence electrons. The molecule has 1 saturated heterocycles. The number of benzene rings is 1. The monoisotopic (exact) mass is 267 g/mol. The molecule has 0 radical (unpaired) electrons. The number of rotatable bonds is 5. The molecule has 1 fully saturated rings. The zero-order chi connectivity index (χ0) is 12.8. The minimum absolute atomic E-state index is 0.135. The van der Waals surface area contributed by atoms with Crippen LogP contribution in [0.15, 0.2) is 24.3 Å². The van der Waals surface area contributed by atoms with E-state index in [-0.39, 0.29) is 5.82 Å². The highest BCUT2D eigenvalue weighted by atomic mass is 32.2. The van der Waals surface area contributed by atoms with Crippen LogP contribution in [0.5, 0.6) is 0 Å². The smallest absolute Gasteiger partial charge is 0.123 e. The molecule has 1 unspecified atom stereocenters. The van der Waals surface area contributed by atoms with E-state index in [4.69, 9.17) is 0 Å². The number of hydrogen-bond acceptors (Lipinski definition) is 2. The highest BCUT2D eigenvalue weighted by Gasteiger charge is 2.14. The average Bonchev–Trinajstić information content (AvgIpc) is 2.38. The molecule has 0 spiro atoms. The number of hydrogen-bond donors (Lipinski definition) is 1. The Morgan fingerprint density at radius 1 is 1.39 bits per heavy atom. The molecule has 1 N–H and O–H groups in total. The number of halogens is 1. The van der Waals surface area contributed by atoms with Gasteiger partial charge in [-0.05, 0) is 67.9 Å². The van der Waals surface area contributed by atoms with E-state index >= 15 is 0 Å². The van der Waals surface area contributed by atoms with E-state index in [0.717, 1.165) is 24.4 Å². The maximum absolute atomic E-state index is 13.1. The summed E-state index contributed by atoms with van der Waals surface area (Å²) in [7, 11) is 0. The first-order valence-corrected chi connectivity index (χ1v) is 7.95. The first-order valence-electron chi connectivity index (χ1n) is 6.79. The average molecular weight is 267 g/mol. The second kappa shape index (κ2) is 7.15. The summed E-state index contributed by atoms with van der Waals surface area (Å²) >= 11 is 2.07. The topological polar surface area (TPSA) is 12.0 Å². The van der Waals surface area contributed by atoms with Gasteiger partial charge in [-0.25, -0.2) is 4.39 Å². The van der Waals surface area contributed by atoms with Crippen LogP contribution in [0.2, 0.25) is 0 Å². The molecule has 0 amide bonds. The summed E-state index contributed by atoms with van der Waals surface area (Å²) in [5.41, 5.74) is 1.08. The molecular formula is C15H22FNS. The lowest BCUT2D eigenvalue weighted by Gasteiger charge is -2.24. The number of thioether (sulfide) groups is 1. The van der Waals surface area contributed by atoms with E-state index in [1.165, 1.54) is 30.4 Å². The SMILES string of the molecule is CC(Cc1cccc(F)c1)NCC1CCSCC1. The van der Waals surface area contributed by atoms with Gasteiger partial charge in [0.05, 0.1) is 0 Å². The van der Waals surface area contributed by atoms with Gasteiger partial charge in [0, 0.05) is 6.04 Å². The van der Waals surface area contributed by atoms with Crippen LogP contribution in [0.25, 0.3) is 0 Å². The minimum Gasteiger partial charge on any atom is -0.314 e. The van der Waals surface area contributed by atoms with Gasteiger partial charge < -0.3 is 5.32 Å². The normalized spacial score (nSPS) is 18.8. The molecule has 1 aromatic carbocycles. The summed E-state index contributed by atoms with van der Waals surface area (Å²) in [6, 6.07) is 7.34. The van der Waals surface area contributed by atoms with Gasteiger partial charge in [-0.1, -0.05) is 12.1 Å². The Bertz CT molecular complexity index is 363. The summed E-state index contributed by atoms with van der Waals surface area (Å²) in [6.07, 6.45) is 3.58. The lowest BCUT2D eigenvalue weighted by Crippen LogP contribution is -2.34. The van der Waals surface area contributed by atoms with Crippen LogP contribution in [0, 0.1) is 11.7 Å². The van der Waals surface area contributed by atoms with E-state index in [1.807, 2.05) is 6.07 Å². The first-order chi connectivity index (χ1) is 8.74. The highest BCUT2D eigenvalue weighted by Crippen LogP contribution is 2.22. The van der Waals surface area contributed by atoms with Crippen LogP contribution >= 0.6 is 11.8 Å². The summed E-state index contributed by atoms with van der Waals surface area (Å²) in [5, 5.41) is 3.59. The molecule has 2 rings (SSSR count). The summed E-state index contributed by atoms with van der Waals surface area (Å²) in [5.74, 6) is 3.32. The molecule has 1 aromatic rings. The zero-order valence-corrected chi connectivity index (χ0v) is 11.8.